The van der Waals surface area contributed by atoms with Crippen LogP contribution in [0.5, 0.6) is 0 Å². The van der Waals surface area contributed by atoms with Gasteiger partial charge in [-0.15, -0.1) is 0 Å². The van der Waals surface area contributed by atoms with Gasteiger partial charge in [0.15, 0.2) is 5.79 Å². The lowest BCUT2D eigenvalue weighted by Crippen LogP contribution is -2.53. The summed E-state index contributed by atoms with van der Waals surface area (Å²) < 4.78 is 25.7. The van der Waals surface area contributed by atoms with Gasteiger partial charge in [-0.2, -0.15) is 0 Å². The Morgan fingerprint density at radius 2 is 1.97 bits per heavy atom. The van der Waals surface area contributed by atoms with Crippen molar-refractivity contribution in [2.45, 2.75) is 113 Å². The third-order valence-electron chi connectivity index (χ3n) is 11.0. The second-order valence-corrected chi connectivity index (χ2v) is 12.2. The molecule has 2 aliphatic heterocycles. The Kier molecular flexibility index (Phi) is 4.11. The maximum atomic E-state index is 6.77. The summed E-state index contributed by atoms with van der Waals surface area (Å²) in [6, 6.07) is 0. The molecule has 1 spiro atoms. The number of rotatable bonds is 6. The lowest BCUT2D eigenvalue weighted by Gasteiger charge is -2.51. The van der Waals surface area contributed by atoms with Crippen molar-refractivity contribution in [3.8, 4) is 0 Å². The van der Waals surface area contributed by atoms with Crippen molar-refractivity contribution in [3.05, 3.63) is 11.6 Å². The van der Waals surface area contributed by atoms with E-state index in [0.717, 1.165) is 50.9 Å². The Hall–Kier alpha value is -0.420. The summed E-state index contributed by atoms with van der Waals surface area (Å²) in [6.45, 7) is 7.33. The topological polar surface area (TPSA) is 40.2 Å². The number of hydrogen-bond acceptors (Lipinski definition) is 4. The fraction of sp³-hybridized carbons (Fsp3) is 0.926. The van der Waals surface area contributed by atoms with Crippen LogP contribution in [0.15, 0.2) is 11.6 Å². The van der Waals surface area contributed by atoms with E-state index < -0.39 is 0 Å². The van der Waals surface area contributed by atoms with E-state index in [1.807, 2.05) is 0 Å². The van der Waals surface area contributed by atoms with Crippen LogP contribution in [0.1, 0.15) is 90.9 Å². The minimum Gasteiger partial charge on any atom is -0.374 e. The van der Waals surface area contributed by atoms with E-state index in [-0.39, 0.29) is 22.6 Å². The third kappa shape index (κ3) is 2.41. The van der Waals surface area contributed by atoms with Crippen LogP contribution in [-0.4, -0.2) is 42.4 Å². The van der Waals surface area contributed by atoms with Crippen molar-refractivity contribution < 1.29 is 18.9 Å². The Labute approximate surface area is 187 Å². The molecule has 0 amide bonds. The molecule has 7 atom stereocenters. The minimum atomic E-state index is -0.346. The summed E-state index contributed by atoms with van der Waals surface area (Å²) in [4.78, 5) is 0. The van der Waals surface area contributed by atoms with Crippen LogP contribution in [0.3, 0.4) is 0 Å². The molecule has 172 valence electrons. The smallest absolute Gasteiger partial charge is 0.171 e. The second kappa shape index (κ2) is 6.37. The summed E-state index contributed by atoms with van der Waals surface area (Å²) in [5.41, 5.74) is 2.20. The van der Waals surface area contributed by atoms with E-state index in [9.17, 15) is 0 Å². The maximum Gasteiger partial charge on any atom is 0.171 e. The van der Waals surface area contributed by atoms with Crippen LogP contribution >= 0.6 is 0 Å². The van der Waals surface area contributed by atoms with Crippen molar-refractivity contribution in [2.75, 3.05) is 19.8 Å². The van der Waals surface area contributed by atoms with Gasteiger partial charge in [0.1, 0.15) is 11.2 Å². The molecular weight excluding hydrogens is 388 g/mol. The standard InChI is InChI=1S/C27H40O4/c1-3-4-5-6-13-30-27-17-19(27)16-22-20-7-10-24-18-25(28-14-15-29-25)11-12-26(24,31-24)21(20)8-9-23(22,27)2/h8,19-20,22H,3-7,9-18H2,1-2H3/t19-,20+,22-,23-,24+,26+,27-/m0/s1. The van der Waals surface area contributed by atoms with Crippen molar-refractivity contribution in [1.82, 2.24) is 0 Å². The first-order valence-corrected chi connectivity index (χ1v) is 13.3. The third-order valence-corrected chi connectivity index (χ3v) is 11.0. The van der Waals surface area contributed by atoms with Crippen LogP contribution < -0.4 is 0 Å². The first-order chi connectivity index (χ1) is 15.0. The average molecular weight is 429 g/mol. The van der Waals surface area contributed by atoms with Crippen LogP contribution in [0.2, 0.25) is 0 Å². The molecule has 4 saturated carbocycles. The lowest BCUT2D eigenvalue weighted by molar-refractivity contribution is -0.185. The summed E-state index contributed by atoms with van der Waals surface area (Å²) in [5.74, 6) is 1.96. The van der Waals surface area contributed by atoms with E-state index >= 15 is 0 Å². The van der Waals surface area contributed by atoms with E-state index in [4.69, 9.17) is 18.9 Å². The molecule has 0 N–H and O–H groups in total. The predicted molar refractivity (Wildman–Crippen MR) is 118 cm³/mol. The SMILES string of the molecule is CCCCCCO[C@@]12C[C@@H]1C[C@H]1[C@@H]3CC[C@@]45CC6(CC[C@@]4(O5)C3=CC[C@@]12C)OCCO6. The van der Waals surface area contributed by atoms with Crippen molar-refractivity contribution in [1.29, 1.82) is 0 Å². The minimum absolute atomic E-state index is 0.000648. The highest BCUT2D eigenvalue weighted by Crippen LogP contribution is 2.78. The zero-order valence-corrected chi connectivity index (χ0v) is 19.5. The Morgan fingerprint density at radius 3 is 2.81 bits per heavy atom. The highest BCUT2D eigenvalue weighted by molar-refractivity contribution is 5.44. The Morgan fingerprint density at radius 1 is 1.10 bits per heavy atom. The van der Waals surface area contributed by atoms with Crippen molar-refractivity contribution in [2.24, 2.45) is 23.2 Å². The molecule has 0 unspecified atom stereocenters. The van der Waals surface area contributed by atoms with Crippen molar-refractivity contribution in [3.63, 3.8) is 0 Å². The monoisotopic (exact) mass is 428 g/mol. The number of epoxide rings is 1. The Bertz CT molecular complexity index is 801. The molecule has 4 heteroatoms. The van der Waals surface area contributed by atoms with E-state index in [0.29, 0.717) is 11.3 Å². The summed E-state index contributed by atoms with van der Waals surface area (Å²) >= 11 is 0. The highest BCUT2D eigenvalue weighted by Gasteiger charge is 2.81. The molecule has 31 heavy (non-hydrogen) atoms. The van der Waals surface area contributed by atoms with Gasteiger partial charge in [-0.1, -0.05) is 39.2 Å². The molecule has 2 saturated heterocycles. The second-order valence-electron chi connectivity index (χ2n) is 12.2. The van der Waals surface area contributed by atoms with Crippen LogP contribution in [0.4, 0.5) is 0 Å². The molecule has 0 aromatic rings. The quantitative estimate of drug-likeness (QED) is 0.316. The van der Waals surface area contributed by atoms with Gasteiger partial charge in [-0.25, -0.2) is 0 Å². The highest BCUT2D eigenvalue weighted by atomic mass is 16.7. The molecule has 0 aromatic heterocycles. The number of fused-ring (bicyclic) bond motifs is 5. The number of allylic oxidation sites excluding steroid dienone is 1. The van der Waals surface area contributed by atoms with E-state index in [1.165, 1.54) is 57.8 Å². The first kappa shape index (κ1) is 20.0. The number of unbranched alkanes of at least 4 members (excludes halogenated alkanes) is 3. The lowest BCUT2D eigenvalue weighted by atomic mass is 9.53. The first-order valence-electron chi connectivity index (χ1n) is 13.3. The van der Waals surface area contributed by atoms with Gasteiger partial charge < -0.3 is 18.9 Å². The normalized spacial score (nSPS) is 52.6. The van der Waals surface area contributed by atoms with Gasteiger partial charge in [0.2, 0.25) is 0 Å². The van der Waals surface area contributed by atoms with Gasteiger partial charge in [-0.3, -0.25) is 0 Å². The van der Waals surface area contributed by atoms with E-state index in [2.05, 4.69) is 19.9 Å². The predicted octanol–water partition coefficient (Wildman–Crippen LogP) is 5.54. The van der Waals surface area contributed by atoms with Crippen LogP contribution in [0, 0.1) is 23.2 Å². The molecule has 6 fully saturated rings. The van der Waals surface area contributed by atoms with E-state index in [1.54, 1.807) is 5.57 Å². The van der Waals surface area contributed by atoms with Gasteiger partial charge in [0.25, 0.3) is 0 Å². The molecule has 7 rings (SSSR count). The zero-order valence-electron chi connectivity index (χ0n) is 19.5. The summed E-state index contributed by atoms with van der Waals surface area (Å²) in [7, 11) is 0. The average Bonchev–Trinajstić information content (AvgIpc) is 3.56. The van der Waals surface area contributed by atoms with Gasteiger partial charge in [0, 0.05) is 24.9 Å². The molecule has 0 aromatic carbocycles. The van der Waals surface area contributed by atoms with Crippen molar-refractivity contribution >= 4 is 0 Å². The molecule has 0 bridgehead atoms. The molecule has 0 radical (unpaired) electrons. The molecule has 2 heterocycles. The number of hydrogen-bond donors (Lipinski definition) is 0. The molecule has 7 aliphatic rings. The zero-order chi connectivity index (χ0) is 21.0. The van der Waals surface area contributed by atoms with Crippen LogP contribution in [0.25, 0.3) is 0 Å². The van der Waals surface area contributed by atoms with Gasteiger partial charge >= 0.3 is 0 Å². The van der Waals surface area contributed by atoms with Gasteiger partial charge in [-0.05, 0) is 68.3 Å². The largest absolute Gasteiger partial charge is 0.374 e. The molecule has 4 nitrogen and oxygen atoms in total. The fourth-order valence-corrected chi connectivity index (χ4v) is 9.32. The van der Waals surface area contributed by atoms with Crippen LogP contribution in [-0.2, 0) is 18.9 Å². The van der Waals surface area contributed by atoms with Gasteiger partial charge in [0.05, 0.1) is 18.8 Å². The summed E-state index contributed by atoms with van der Waals surface area (Å²) in [6.07, 6.45) is 17.2. The Balaban J connectivity index is 1.11. The number of ether oxygens (including phenoxy) is 4. The molecular formula is C27H40O4. The fourth-order valence-electron chi connectivity index (χ4n) is 9.32. The maximum absolute atomic E-state index is 6.77. The summed E-state index contributed by atoms with van der Waals surface area (Å²) in [5, 5.41) is 0. The molecule has 5 aliphatic carbocycles.